The van der Waals surface area contributed by atoms with Crippen molar-refractivity contribution in [2.75, 3.05) is 18.9 Å². The predicted molar refractivity (Wildman–Crippen MR) is 103 cm³/mol. The van der Waals surface area contributed by atoms with E-state index in [1.807, 2.05) is 13.0 Å². The zero-order valence-corrected chi connectivity index (χ0v) is 15.3. The Morgan fingerprint density at radius 3 is 2.72 bits per heavy atom. The molecule has 2 aromatic carbocycles. The van der Waals surface area contributed by atoms with E-state index in [1.54, 1.807) is 24.2 Å². The second kappa shape index (κ2) is 9.39. The Bertz CT molecular complexity index is 795. The summed E-state index contributed by atoms with van der Waals surface area (Å²) in [4.78, 5) is 8.47. The lowest BCUT2D eigenvalue weighted by Crippen LogP contribution is -2.82. The van der Waals surface area contributed by atoms with Gasteiger partial charge in [0.05, 0.1) is 18.7 Å². The van der Waals surface area contributed by atoms with Crippen molar-refractivity contribution in [3.63, 3.8) is 0 Å². The van der Waals surface area contributed by atoms with Crippen molar-refractivity contribution in [3.05, 3.63) is 60.4 Å². The van der Waals surface area contributed by atoms with Gasteiger partial charge in [-0.3, -0.25) is 0 Å². The number of fused-ring (bicyclic) bond motifs is 1. The van der Waals surface area contributed by atoms with Crippen LogP contribution in [0.15, 0.2) is 60.0 Å². The Morgan fingerprint density at radius 1 is 1.04 bits per heavy atom. The number of nitrogens with zero attached hydrogens (tertiary/aromatic N) is 2. The van der Waals surface area contributed by atoms with Crippen LogP contribution >= 0.6 is 11.8 Å². The number of hydrogen-bond donors (Lipinski definition) is 1. The molecule has 0 aliphatic heterocycles. The van der Waals surface area contributed by atoms with Crippen molar-refractivity contribution in [3.8, 4) is 5.75 Å². The molecule has 0 amide bonds. The van der Waals surface area contributed by atoms with Gasteiger partial charge in [-0.05, 0) is 29.8 Å². The van der Waals surface area contributed by atoms with E-state index in [0.29, 0.717) is 6.61 Å². The van der Waals surface area contributed by atoms with Crippen molar-refractivity contribution >= 4 is 22.5 Å². The normalized spacial score (nSPS) is 10.9. The number of hydrogen-bond acceptors (Lipinski definition) is 4. The summed E-state index contributed by atoms with van der Waals surface area (Å²) in [5.41, 5.74) is 1.29. The second-order valence-electron chi connectivity index (χ2n) is 5.71. The molecule has 0 atom stereocenters. The highest BCUT2D eigenvalue weighted by molar-refractivity contribution is 7.99. The zero-order chi connectivity index (χ0) is 17.3. The topological polar surface area (TPSA) is 51.6 Å². The molecule has 0 radical (unpaired) electrons. The molecule has 2 N–H and O–H groups in total. The molecule has 0 unspecified atom stereocenters. The van der Waals surface area contributed by atoms with Gasteiger partial charge >= 0.3 is 0 Å². The van der Waals surface area contributed by atoms with E-state index in [2.05, 4.69) is 51.7 Å². The molecule has 0 saturated heterocycles. The van der Waals surface area contributed by atoms with E-state index in [-0.39, 0.29) is 0 Å². The Hall–Kier alpha value is -2.11. The number of thioether (sulfide) groups is 1. The Labute approximate surface area is 153 Å². The second-order valence-corrected chi connectivity index (χ2v) is 6.77. The zero-order valence-electron chi connectivity index (χ0n) is 14.5. The smallest absolute Gasteiger partial charge is 0.187 e. The SMILES string of the molecule is CCOc1ccc2ccccc2c1C[NH2+]CCCSc1ncccn1. The van der Waals surface area contributed by atoms with E-state index in [9.17, 15) is 0 Å². The van der Waals surface area contributed by atoms with E-state index >= 15 is 0 Å². The molecule has 5 heteroatoms. The van der Waals surface area contributed by atoms with Crippen molar-refractivity contribution < 1.29 is 10.1 Å². The summed E-state index contributed by atoms with van der Waals surface area (Å²) in [7, 11) is 0. The molecule has 3 aromatic rings. The first-order valence-corrected chi connectivity index (χ1v) is 9.72. The monoisotopic (exact) mass is 354 g/mol. The lowest BCUT2D eigenvalue weighted by molar-refractivity contribution is -0.670. The van der Waals surface area contributed by atoms with Crippen LogP contribution in [-0.2, 0) is 6.54 Å². The van der Waals surface area contributed by atoms with Crippen LogP contribution in [0.2, 0.25) is 0 Å². The molecule has 1 aromatic heterocycles. The fraction of sp³-hybridized carbons (Fsp3) is 0.300. The number of benzene rings is 2. The maximum absolute atomic E-state index is 5.84. The molecule has 0 spiro atoms. The third kappa shape index (κ3) is 4.94. The van der Waals surface area contributed by atoms with Gasteiger partial charge < -0.3 is 10.1 Å². The van der Waals surface area contributed by atoms with Crippen LogP contribution < -0.4 is 10.1 Å². The average Bonchev–Trinajstić information content (AvgIpc) is 2.66. The molecular formula is C20H24N3OS+. The predicted octanol–water partition coefficient (Wildman–Crippen LogP) is 3.27. The molecular weight excluding hydrogens is 330 g/mol. The van der Waals surface area contributed by atoms with E-state index in [0.717, 1.165) is 36.2 Å². The molecule has 4 nitrogen and oxygen atoms in total. The first kappa shape index (κ1) is 17.7. The molecule has 3 rings (SSSR count). The summed E-state index contributed by atoms with van der Waals surface area (Å²) in [6.07, 6.45) is 4.70. The van der Waals surface area contributed by atoms with Gasteiger partial charge in [0.25, 0.3) is 0 Å². The van der Waals surface area contributed by atoms with Crippen LogP contribution in [0, 0.1) is 0 Å². The Balaban J connectivity index is 1.54. The van der Waals surface area contributed by atoms with E-state index in [1.165, 1.54) is 16.3 Å². The van der Waals surface area contributed by atoms with Crippen molar-refractivity contribution in [1.82, 2.24) is 9.97 Å². The van der Waals surface area contributed by atoms with Gasteiger partial charge in [0.2, 0.25) is 0 Å². The van der Waals surface area contributed by atoms with Crippen LogP contribution in [-0.4, -0.2) is 28.9 Å². The molecule has 0 bridgehead atoms. The largest absolute Gasteiger partial charge is 0.493 e. The number of quaternary nitrogens is 1. The summed E-state index contributed by atoms with van der Waals surface area (Å²) < 4.78 is 5.84. The van der Waals surface area contributed by atoms with Crippen LogP contribution in [0.3, 0.4) is 0 Å². The Kier molecular flexibility index (Phi) is 6.65. The highest BCUT2D eigenvalue weighted by Crippen LogP contribution is 2.27. The number of aromatic nitrogens is 2. The summed E-state index contributed by atoms with van der Waals surface area (Å²) >= 11 is 1.71. The first-order valence-electron chi connectivity index (χ1n) is 8.73. The van der Waals surface area contributed by atoms with Gasteiger partial charge in [-0.15, -0.1) is 0 Å². The fourth-order valence-corrected chi connectivity index (χ4v) is 3.58. The molecule has 0 saturated carbocycles. The van der Waals surface area contributed by atoms with E-state index in [4.69, 9.17) is 4.74 Å². The summed E-state index contributed by atoms with van der Waals surface area (Å²) in [6.45, 7) is 4.74. The number of rotatable bonds is 9. The van der Waals surface area contributed by atoms with Crippen LogP contribution in [0.4, 0.5) is 0 Å². The van der Waals surface area contributed by atoms with E-state index < -0.39 is 0 Å². The van der Waals surface area contributed by atoms with Crippen LogP contribution in [0.25, 0.3) is 10.8 Å². The average molecular weight is 354 g/mol. The van der Waals surface area contributed by atoms with Gasteiger partial charge in [0.1, 0.15) is 12.3 Å². The van der Waals surface area contributed by atoms with Crippen LogP contribution in [0.5, 0.6) is 5.75 Å². The van der Waals surface area contributed by atoms with Gasteiger partial charge in [0, 0.05) is 24.6 Å². The minimum Gasteiger partial charge on any atom is -0.493 e. The quantitative estimate of drug-likeness (QED) is 0.364. The lowest BCUT2D eigenvalue weighted by atomic mass is 10.0. The molecule has 25 heavy (non-hydrogen) atoms. The molecule has 0 fully saturated rings. The van der Waals surface area contributed by atoms with Crippen molar-refractivity contribution in [2.45, 2.75) is 25.0 Å². The highest BCUT2D eigenvalue weighted by Gasteiger charge is 2.10. The van der Waals surface area contributed by atoms with Gasteiger partial charge in [-0.1, -0.05) is 42.1 Å². The van der Waals surface area contributed by atoms with Gasteiger partial charge in [0.15, 0.2) is 5.16 Å². The lowest BCUT2D eigenvalue weighted by Gasteiger charge is -2.12. The minimum atomic E-state index is 0.694. The fourth-order valence-electron chi connectivity index (χ4n) is 2.81. The molecule has 0 aliphatic carbocycles. The first-order chi connectivity index (χ1) is 12.4. The molecule has 0 aliphatic rings. The maximum Gasteiger partial charge on any atom is 0.187 e. The highest BCUT2D eigenvalue weighted by atomic mass is 32.2. The van der Waals surface area contributed by atoms with Gasteiger partial charge in [-0.2, -0.15) is 0 Å². The van der Waals surface area contributed by atoms with Crippen LogP contribution in [0.1, 0.15) is 18.9 Å². The third-order valence-corrected chi connectivity index (χ3v) is 4.93. The maximum atomic E-state index is 5.84. The van der Waals surface area contributed by atoms with Crippen molar-refractivity contribution in [2.24, 2.45) is 0 Å². The Morgan fingerprint density at radius 2 is 1.88 bits per heavy atom. The number of nitrogens with two attached hydrogens (primary N) is 1. The van der Waals surface area contributed by atoms with Gasteiger partial charge in [-0.25, -0.2) is 9.97 Å². The standard InChI is InChI=1S/C20H23N3OS/c1-2-24-19-10-9-16-7-3-4-8-17(16)18(19)15-21-11-6-14-25-20-22-12-5-13-23-20/h3-5,7-10,12-13,21H,2,6,11,14-15H2,1H3/p+1. The summed E-state index contributed by atoms with van der Waals surface area (Å²) in [6, 6.07) is 14.6. The minimum absolute atomic E-state index is 0.694. The molecule has 1 heterocycles. The molecule has 130 valence electrons. The number of ether oxygens (including phenoxy) is 1. The van der Waals surface area contributed by atoms with Crippen molar-refractivity contribution in [1.29, 1.82) is 0 Å². The summed E-state index contributed by atoms with van der Waals surface area (Å²) in [5.74, 6) is 2.04. The third-order valence-electron chi connectivity index (χ3n) is 3.97. The summed E-state index contributed by atoms with van der Waals surface area (Å²) in [5, 5.41) is 5.77.